The van der Waals surface area contributed by atoms with Crippen molar-refractivity contribution in [2.45, 2.75) is 12.1 Å². The zero-order valence-electron chi connectivity index (χ0n) is 14.4. The Morgan fingerprint density at radius 2 is 1.79 bits per heavy atom. The van der Waals surface area contributed by atoms with Crippen LogP contribution in [0.15, 0.2) is 60.9 Å². The molecule has 7 heteroatoms. The monoisotopic (exact) mass is 377 g/mol. The van der Waals surface area contributed by atoms with Crippen LogP contribution in [0.5, 0.6) is 0 Å². The van der Waals surface area contributed by atoms with Gasteiger partial charge in [-0.15, -0.1) is 0 Å². The van der Waals surface area contributed by atoms with Gasteiger partial charge in [0.2, 0.25) is 0 Å². The molecular weight excluding hydrogens is 364 g/mol. The van der Waals surface area contributed by atoms with Crippen molar-refractivity contribution in [3.8, 4) is 17.2 Å². The van der Waals surface area contributed by atoms with Crippen molar-refractivity contribution >= 4 is 6.09 Å². The third-order valence-corrected chi connectivity index (χ3v) is 4.47. The second-order valence-electron chi connectivity index (χ2n) is 6.35. The lowest BCUT2D eigenvalue weighted by Gasteiger charge is -2.18. The number of alkyl carbamates (subject to hydrolysis) is 1. The summed E-state index contributed by atoms with van der Waals surface area (Å²) >= 11 is 0. The number of hydrogen-bond acceptors (Lipinski definition) is 4. The van der Waals surface area contributed by atoms with E-state index in [1.165, 1.54) is 0 Å². The molecule has 5 nitrogen and oxygen atoms in total. The zero-order chi connectivity index (χ0) is 19.7. The molecular formula is C21H13F2N3O2. The molecule has 1 aromatic heterocycles. The number of amides is 1. The minimum Gasteiger partial charge on any atom is -0.439 e. The summed E-state index contributed by atoms with van der Waals surface area (Å²) in [5, 5.41) is 11.7. The Hall–Kier alpha value is -3.79. The van der Waals surface area contributed by atoms with Crippen LogP contribution in [0.3, 0.4) is 0 Å². The number of hydrogen-bond donors (Lipinski definition) is 1. The molecule has 1 amide bonds. The Morgan fingerprint density at radius 1 is 1.00 bits per heavy atom. The molecule has 1 aliphatic heterocycles. The van der Waals surface area contributed by atoms with E-state index >= 15 is 0 Å². The molecule has 2 aromatic carbocycles. The highest BCUT2D eigenvalue weighted by Crippen LogP contribution is 2.38. The number of carbonyl (C=O) groups is 1. The molecule has 0 spiro atoms. The second kappa shape index (κ2) is 7.08. The quantitative estimate of drug-likeness (QED) is 0.733. The summed E-state index contributed by atoms with van der Waals surface area (Å²) < 4.78 is 32.5. The Kier molecular flexibility index (Phi) is 4.45. The molecule has 138 valence electrons. The maximum Gasteiger partial charge on any atom is 0.408 e. The number of carbonyl (C=O) groups excluding carboxylic acids is 1. The van der Waals surface area contributed by atoms with Gasteiger partial charge in [-0.1, -0.05) is 12.1 Å². The van der Waals surface area contributed by atoms with E-state index in [0.717, 1.165) is 29.3 Å². The predicted octanol–water partition coefficient (Wildman–Crippen LogP) is 4.42. The molecule has 0 radical (unpaired) electrons. The van der Waals surface area contributed by atoms with Gasteiger partial charge in [0, 0.05) is 29.6 Å². The van der Waals surface area contributed by atoms with Gasteiger partial charge in [0.05, 0.1) is 11.6 Å². The lowest BCUT2D eigenvalue weighted by atomic mass is 9.95. The molecule has 28 heavy (non-hydrogen) atoms. The van der Waals surface area contributed by atoms with E-state index in [9.17, 15) is 13.6 Å². The first kappa shape index (κ1) is 17.6. The minimum absolute atomic E-state index is 0.206. The third kappa shape index (κ3) is 3.40. The van der Waals surface area contributed by atoms with E-state index in [2.05, 4.69) is 16.4 Å². The number of nitriles is 1. The Morgan fingerprint density at radius 3 is 2.54 bits per heavy atom. The summed E-state index contributed by atoms with van der Waals surface area (Å²) in [6, 6.07) is 13.3. The summed E-state index contributed by atoms with van der Waals surface area (Å²) in [5.41, 5.74) is 2.85. The van der Waals surface area contributed by atoms with Gasteiger partial charge < -0.3 is 10.1 Å². The van der Waals surface area contributed by atoms with Crippen molar-refractivity contribution in [1.82, 2.24) is 10.3 Å². The first-order valence-corrected chi connectivity index (χ1v) is 8.42. The largest absolute Gasteiger partial charge is 0.439 e. The molecule has 1 fully saturated rings. The lowest BCUT2D eigenvalue weighted by Crippen LogP contribution is -2.20. The molecule has 2 atom stereocenters. The summed E-state index contributed by atoms with van der Waals surface area (Å²) in [7, 11) is 0. The Labute approximate surface area is 159 Å². The molecule has 0 unspecified atom stereocenters. The van der Waals surface area contributed by atoms with Gasteiger partial charge in [-0.3, -0.25) is 4.98 Å². The van der Waals surface area contributed by atoms with Crippen molar-refractivity contribution in [3.63, 3.8) is 0 Å². The van der Waals surface area contributed by atoms with Crippen molar-refractivity contribution in [3.05, 3.63) is 89.2 Å². The summed E-state index contributed by atoms with van der Waals surface area (Å²) in [6.45, 7) is 0. The smallest absolute Gasteiger partial charge is 0.408 e. The van der Waals surface area contributed by atoms with E-state index in [4.69, 9.17) is 10.00 Å². The number of pyridine rings is 1. The summed E-state index contributed by atoms with van der Waals surface area (Å²) in [5.74, 6) is -1.51. The van der Waals surface area contributed by atoms with Crippen LogP contribution in [0.25, 0.3) is 11.1 Å². The van der Waals surface area contributed by atoms with E-state index in [1.54, 1.807) is 36.7 Å². The van der Waals surface area contributed by atoms with Crippen LogP contribution in [0, 0.1) is 23.0 Å². The maximum absolute atomic E-state index is 13.6. The molecule has 2 heterocycles. The topological polar surface area (TPSA) is 75.0 Å². The molecule has 0 bridgehead atoms. The van der Waals surface area contributed by atoms with Crippen LogP contribution in [0.2, 0.25) is 0 Å². The van der Waals surface area contributed by atoms with Crippen molar-refractivity contribution < 1.29 is 18.3 Å². The average Bonchev–Trinajstić information content (AvgIpc) is 3.09. The van der Waals surface area contributed by atoms with Crippen molar-refractivity contribution in [2.75, 3.05) is 0 Å². The number of rotatable bonds is 3. The van der Waals surface area contributed by atoms with Crippen LogP contribution in [-0.4, -0.2) is 11.1 Å². The predicted molar refractivity (Wildman–Crippen MR) is 95.8 cm³/mol. The van der Waals surface area contributed by atoms with Crippen molar-refractivity contribution in [2.24, 2.45) is 0 Å². The first-order valence-electron chi connectivity index (χ1n) is 8.42. The van der Waals surface area contributed by atoms with Gasteiger partial charge in [-0.05, 0) is 41.5 Å². The summed E-state index contributed by atoms with van der Waals surface area (Å²) in [6.07, 6.45) is 1.60. The highest BCUT2D eigenvalue weighted by Gasteiger charge is 2.37. The molecule has 1 aliphatic rings. The highest BCUT2D eigenvalue weighted by atomic mass is 19.1. The SMILES string of the molecule is N#Cc1cccc(-c2cncc([C@@H]3NC(=O)O[C@H]3c3cc(F)cc(F)c3)c2)c1. The first-order chi connectivity index (χ1) is 13.5. The number of nitrogens with zero attached hydrogens (tertiary/aromatic N) is 2. The van der Waals surface area contributed by atoms with E-state index in [-0.39, 0.29) is 5.56 Å². The fraction of sp³-hybridized carbons (Fsp3) is 0.0952. The van der Waals surface area contributed by atoms with Gasteiger partial charge in [-0.25, -0.2) is 13.6 Å². The fourth-order valence-corrected chi connectivity index (χ4v) is 3.23. The van der Waals surface area contributed by atoms with E-state index < -0.39 is 29.9 Å². The van der Waals surface area contributed by atoms with Gasteiger partial charge >= 0.3 is 6.09 Å². The minimum atomic E-state index is -0.903. The van der Waals surface area contributed by atoms with Gasteiger partial charge in [0.1, 0.15) is 17.7 Å². The maximum atomic E-state index is 13.6. The van der Waals surface area contributed by atoms with Crippen molar-refractivity contribution in [1.29, 1.82) is 5.26 Å². The number of halogens is 2. The van der Waals surface area contributed by atoms with E-state index in [1.807, 2.05) is 6.07 Å². The fourth-order valence-electron chi connectivity index (χ4n) is 3.23. The molecule has 3 aromatic rings. The molecule has 0 aliphatic carbocycles. The van der Waals surface area contributed by atoms with Crippen LogP contribution in [0.1, 0.15) is 28.8 Å². The van der Waals surface area contributed by atoms with Crippen LogP contribution in [-0.2, 0) is 4.74 Å². The van der Waals surface area contributed by atoms with E-state index in [0.29, 0.717) is 11.1 Å². The van der Waals surface area contributed by atoms with Crippen LogP contribution >= 0.6 is 0 Å². The number of cyclic esters (lactones) is 1. The number of aromatic nitrogens is 1. The average molecular weight is 377 g/mol. The van der Waals surface area contributed by atoms with Gasteiger partial charge in [0.25, 0.3) is 0 Å². The molecule has 0 saturated carbocycles. The van der Waals surface area contributed by atoms with Gasteiger partial charge in [0.15, 0.2) is 6.10 Å². The van der Waals surface area contributed by atoms with Crippen LogP contribution < -0.4 is 5.32 Å². The zero-order valence-corrected chi connectivity index (χ0v) is 14.4. The number of nitrogens with one attached hydrogen (secondary N) is 1. The second-order valence-corrected chi connectivity index (χ2v) is 6.35. The third-order valence-electron chi connectivity index (χ3n) is 4.47. The van der Waals surface area contributed by atoms with Gasteiger partial charge in [-0.2, -0.15) is 5.26 Å². The Bertz CT molecular complexity index is 1090. The molecule has 4 rings (SSSR count). The Balaban J connectivity index is 1.73. The number of ether oxygens (including phenoxy) is 1. The highest BCUT2D eigenvalue weighted by molar-refractivity contribution is 5.72. The molecule has 1 N–H and O–H groups in total. The number of benzene rings is 2. The normalized spacial score (nSPS) is 18.2. The molecule has 1 saturated heterocycles. The standard InChI is InChI=1S/C21H13F2N3O2/c22-17-6-14(7-18(23)8-17)20-19(26-21(27)28-20)16-5-15(10-25-11-16)13-3-1-2-12(4-13)9-24/h1-8,10-11,19-20H,(H,26,27)/t19-,20-/m0/s1. The van der Waals surface area contributed by atoms with Crippen LogP contribution in [0.4, 0.5) is 13.6 Å². The lowest BCUT2D eigenvalue weighted by molar-refractivity contribution is 0.132. The summed E-state index contributed by atoms with van der Waals surface area (Å²) in [4.78, 5) is 16.1.